The van der Waals surface area contributed by atoms with E-state index in [-0.39, 0.29) is 12.0 Å². The van der Waals surface area contributed by atoms with Gasteiger partial charge in [0.25, 0.3) is 0 Å². The van der Waals surface area contributed by atoms with Gasteiger partial charge in [-0.25, -0.2) is 0 Å². The standard InChI is InChI=1S/C20H23NO2/c1-2-16-8-10-18(11-9-16)19-15-21(12-13-23-19)20(22)14-17-6-4-3-5-7-17/h3-11,19H,2,12-15H2,1H3. The second-order valence-electron chi connectivity index (χ2n) is 5.96. The van der Waals surface area contributed by atoms with Crippen LogP contribution in [0.3, 0.4) is 0 Å². The van der Waals surface area contributed by atoms with E-state index in [1.165, 1.54) is 5.56 Å². The summed E-state index contributed by atoms with van der Waals surface area (Å²) in [4.78, 5) is 14.4. The molecule has 1 saturated heterocycles. The Hall–Kier alpha value is -2.13. The lowest BCUT2D eigenvalue weighted by atomic mass is 10.0. The van der Waals surface area contributed by atoms with Gasteiger partial charge in [-0.15, -0.1) is 0 Å². The number of carbonyl (C=O) groups is 1. The summed E-state index contributed by atoms with van der Waals surface area (Å²) >= 11 is 0. The zero-order valence-corrected chi connectivity index (χ0v) is 13.6. The first kappa shape index (κ1) is 15.8. The number of morpholine rings is 1. The molecular weight excluding hydrogens is 286 g/mol. The fourth-order valence-electron chi connectivity index (χ4n) is 2.93. The van der Waals surface area contributed by atoms with Crippen molar-refractivity contribution in [3.8, 4) is 0 Å². The Bertz CT molecular complexity index is 636. The van der Waals surface area contributed by atoms with E-state index in [4.69, 9.17) is 4.74 Å². The smallest absolute Gasteiger partial charge is 0.227 e. The molecule has 1 aliphatic heterocycles. The van der Waals surface area contributed by atoms with Crippen LogP contribution in [0.1, 0.15) is 29.7 Å². The first-order chi connectivity index (χ1) is 11.3. The lowest BCUT2D eigenvalue weighted by Gasteiger charge is -2.33. The average molecular weight is 309 g/mol. The quantitative estimate of drug-likeness (QED) is 0.866. The van der Waals surface area contributed by atoms with Gasteiger partial charge in [-0.2, -0.15) is 0 Å². The van der Waals surface area contributed by atoms with E-state index in [9.17, 15) is 4.79 Å². The molecule has 0 bridgehead atoms. The van der Waals surface area contributed by atoms with E-state index in [0.29, 0.717) is 26.1 Å². The highest BCUT2D eigenvalue weighted by molar-refractivity contribution is 5.78. The number of nitrogens with zero attached hydrogens (tertiary/aromatic N) is 1. The van der Waals surface area contributed by atoms with Crippen LogP contribution in [0.4, 0.5) is 0 Å². The van der Waals surface area contributed by atoms with Gasteiger partial charge in [0, 0.05) is 6.54 Å². The van der Waals surface area contributed by atoms with Crippen LogP contribution in [0.5, 0.6) is 0 Å². The molecule has 0 spiro atoms. The van der Waals surface area contributed by atoms with Gasteiger partial charge in [0.2, 0.25) is 5.91 Å². The molecule has 3 rings (SSSR count). The molecule has 23 heavy (non-hydrogen) atoms. The molecule has 120 valence electrons. The highest BCUT2D eigenvalue weighted by atomic mass is 16.5. The van der Waals surface area contributed by atoms with Crippen molar-refractivity contribution in [3.05, 3.63) is 71.3 Å². The largest absolute Gasteiger partial charge is 0.370 e. The summed E-state index contributed by atoms with van der Waals surface area (Å²) in [6.45, 7) is 4.06. The fourth-order valence-corrected chi connectivity index (χ4v) is 2.93. The highest BCUT2D eigenvalue weighted by Gasteiger charge is 2.25. The first-order valence-corrected chi connectivity index (χ1v) is 8.28. The Kier molecular flexibility index (Phi) is 5.09. The molecule has 1 unspecified atom stereocenters. The number of rotatable bonds is 4. The average Bonchev–Trinajstić information content (AvgIpc) is 2.63. The number of benzene rings is 2. The third-order valence-electron chi connectivity index (χ3n) is 4.38. The van der Waals surface area contributed by atoms with Gasteiger partial charge in [-0.3, -0.25) is 4.79 Å². The molecule has 1 amide bonds. The summed E-state index contributed by atoms with van der Waals surface area (Å²) in [6.07, 6.45) is 1.48. The predicted octanol–water partition coefficient (Wildman–Crippen LogP) is 3.39. The van der Waals surface area contributed by atoms with Crippen molar-refractivity contribution in [3.63, 3.8) is 0 Å². The van der Waals surface area contributed by atoms with Crippen molar-refractivity contribution in [2.24, 2.45) is 0 Å². The summed E-state index contributed by atoms with van der Waals surface area (Å²) in [7, 11) is 0. The number of hydrogen-bond acceptors (Lipinski definition) is 2. The Morgan fingerprint density at radius 3 is 2.52 bits per heavy atom. The van der Waals surface area contributed by atoms with E-state index < -0.39 is 0 Å². The van der Waals surface area contributed by atoms with Crippen molar-refractivity contribution in [1.82, 2.24) is 4.90 Å². The van der Waals surface area contributed by atoms with Crippen LogP contribution in [0.25, 0.3) is 0 Å². The molecule has 1 atom stereocenters. The van der Waals surface area contributed by atoms with Crippen molar-refractivity contribution < 1.29 is 9.53 Å². The topological polar surface area (TPSA) is 29.5 Å². The molecule has 3 heteroatoms. The molecular formula is C20H23NO2. The second-order valence-corrected chi connectivity index (χ2v) is 5.96. The summed E-state index contributed by atoms with van der Waals surface area (Å²) in [6, 6.07) is 18.4. The van der Waals surface area contributed by atoms with Gasteiger partial charge in [0.05, 0.1) is 19.6 Å². The van der Waals surface area contributed by atoms with Gasteiger partial charge >= 0.3 is 0 Å². The Morgan fingerprint density at radius 2 is 1.83 bits per heavy atom. The third kappa shape index (κ3) is 3.99. The Morgan fingerprint density at radius 1 is 1.09 bits per heavy atom. The molecule has 0 aliphatic carbocycles. The van der Waals surface area contributed by atoms with Crippen LogP contribution in [0, 0.1) is 0 Å². The number of amides is 1. The molecule has 3 nitrogen and oxygen atoms in total. The number of hydrogen-bond donors (Lipinski definition) is 0. The van der Waals surface area contributed by atoms with E-state index in [0.717, 1.165) is 17.5 Å². The summed E-state index contributed by atoms with van der Waals surface area (Å²) in [5.41, 5.74) is 3.54. The maximum atomic E-state index is 12.5. The van der Waals surface area contributed by atoms with Gasteiger partial charge in [0.1, 0.15) is 6.10 Å². The lowest BCUT2D eigenvalue weighted by molar-refractivity contribution is -0.138. The molecule has 0 aromatic heterocycles. The van der Waals surface area contributed by atoms with Crippen LogP contribution < -0.4 is 0 Å². The van der Waals surface area contributed by atoms with Crippen LogP contribution in [-0.2, 0) is 22.4 Å². The molecule has 2 aromatic carbocycles. The van der Waals surface area contributed by atoms with Crippen LogP contribution in [0.2, 0.25) is 0 Å². The lowest BCUT2D eigenvalue weighted by Crippen LogP contribution is -2.42. The van der Waals surface area contributed by atoms with Crippen molar-refractivity contribution in [2.45, 2.75) is 25.9 Å². The predicted molar refractivity (Wildman–Crippen MR) is 91.2 cm³/mol. The first-order valence-electron chi connectivity index (χ1n) is 8.28. The highest BCUT2D eigenvalue weighted by Crippen LogP contribution is 2.23. The summed E-state index contributed by atoms with van der Waals surface area (Å²) in [5.74, 6) is 0.176. The Labute approximate surface area is 137 Å². The zero-order chi connectivity index (χ0) is 16.1. The molecule has 0 radical (unpaired) electrons. The summed E-state index contributed by atoms with van der Waals surface area (Å²) in [5, 5.41) is 0. The van der Waals surface area contributed by atoms with Crippen molar-refractivity contribution >= 4 is 5.91 Å². The maximum absolute atomic E-state index is 12.5. The summed E-state index contributed by atoms with van der Waals surface area (Å²) < 4.78 is 5.87. The van der Waals surface area contributed by atoms with Crippen LogP contribution >= 0.6 is 0 Å². The van der Waals surface area contributed by atoms with Gasteiger partial charge < -0.3 is 9.64 Å². The molecule has 1 fully saturated rings. The number of aryl methyl sites for hydroxylation is 1. The molecule has 0 N–H and O–H groups in total. The SMILES string of the molecule is CCc1ccc(C2CN(C(=O)Cc3ccccc3)CCO2)cc1. The minimum Gasteiger partial charge on any atom is -0.370 e. The third-order valence-corrected chi connectivity index (χ3v) is 4.38. The Balaban J connectivity index is 1.64. The van der Waals surface area contributed by atoms with E-state index in [1.807, 2.05) is 35.2 Å². The zero-order valence-electron chi connectivity index (χ0n) is 13.6. The second kappa shape index (κ2) is 7.42. The van der Waals surface area contributed by atoms with Crippen LogP contribution in [-0.4, -0.2) is 30.5 Å². The van der Waals surface area contributed by atoms with E-state index in [1.54, 1.807) is 0 Å². The van der Waals surface area contributed by atoms with Gasteiger partial charge in [-0.05, 0) is 23.1 Å². The minimum absolute atomic E-state index is 0.0191. The number of carbonyl (C=O) groups excluding carboxylic acids is 1. The van der Waals surface area contributed by atoms with E-state index >= 15 is 0 Å². The molecule has 1 aliphatic rings. The molecule has 2 aromatic rings. The van der Waals surface area contributed by atoms with E-state index in [2.05, 4.69) is 31.2 Å². The monoisotopic (exact) mass is 309 g/mol. The minimum atomic E-state index is -0.0191. The number of ether oxygens (including phenoxy) is 1. The van der Waals surface area contributed by atoms with Crippen LogP contribution in [0.15, 0.2) is 54.6 Å². The fraction of sp³-hybridized carbons (Fsp3) is 0.350. The normalized spacial score (nSPS) is 18.0. The van der Waals surface area contributed by atoms with Crippen molar-refractivity contribution in [1.29, 1.82) is 0 Å². The molecule has 1 heterocycles. The van der Waals surface area contributed by atoms with Crippen molar-refractivity contribution in [2.75, 3.05) is 19.7 Å². The maximum Gasteiger partial charge on any atom is 0.227 e. The van der Waals surface area contributed by atoms with Gasteiger partial charge in [-0.1, -0.05) is 61.5 Å². The molecule has 0 saturated carbocycles. The van der Waals surface area contributed by atoms with Gasteiger partial charge in [0.15, 0.2) is 0 Å².